The first-order valence-electron chi connectivity index (χ1n) is 9.95. The molecule has 10 heteroatoms. The quantitative estimate of drug-likeness (QED) is 0.575. The molecule has 1 aliphatic heterocycles. The molecule has 1 saturated heterocycles. The van der Waals surface area contributed by atoms with Crippen LogP contribution in [-0.2, 0) is 4.79 Å². The first kappa shape index (κ1) is 22.2. The molecule has 0 saturated carbocycles. The van der Waals surface area contributed by atoms with Gasteiger partial charge in [0.05, 0.1) is 27.1 Å². The second kappa shape index (κ2) is 9.64. The van der Waals surface area contributed by atoms with E-state index in [4.69, 9.17) is 11.6 Å². The van der Waals surface area contributed by atoms with Gasteiger partial charge < -0.3 is 10.6 Å². The van der Waals surface area contributed by atoms with Gasteiger partial charge >= 0.3 is 0 Å². The minimum absolute atomic E-state index is 0.0429. The molecule has 1 aliphatic rings. The first-order valence-corrected chi connectivity index (χ1v) is 11.1. The van der Waals surface area contributed by atoms with Gasteiger partial charge in [-0.3, -0.25) is 23.9 Å². The monoisotopic (exact) mass is 474 g/mol. The molecule has 3 heterocycles. The van der Waals surface area contributed by atoms with Crippen LogP contribution in [0.15, 0.2) is 59.5 Å². The summed E-state index contributed by atoms with van der Waals surface area (Å²) in [5.74, 6) is -1.17. The topological polar surface area (TPSA) is 83.4 Å². The van der Waals surface area contributed by atoms with Crippen molar-refractivity contribution in [3.05, 3.63) is 80.1 Å². The summed E-state index contributed by atoms with van der Waals surface area (Å²) < 4.78 is 16.4. The van der Waals surface area contributed by atoms with Crippen molar-refractivity contribution in [3.8, 4) is 5.69 Å². The maximum Gasteiger partial charge on any atom is 0.261 e. The number of aromatic nitrogens is 1. The number of rotatable bonds is 6. The van der Waals surface area contributed by atoms with Gasteiger partial charge in [-0.15, -0.1) is 11.3 Å². The van der Waals surface area contributed by atoms with Crippen LogP contribution in [0.25, 0.3) is 5.69 Å². The summed E-state index contributed by atoms with van der Waals surface area (Å²) in [6.45, 7) is 1.25. The normalized spacial score (nSPS) is 16.1. The Labute approximate surface area is 192 Å². The Bertz CT molecular complexity index is 1210. The van der Waals surface area contributed by atoms with E-state index < -0.39 is 5.82 Å². The minimum atomic E-state index is -0.632. The van der Waals surface area contributed by atoms with Crippen LogP contribution in [0.4, 0.5) is 10.1 Å². The van der Waals surface area contributed by atoms with E-state index in [0.29, 0.717) is 34.4 Å². The summed E-state index contributed by atoms with van der Waals surface area (Å²) in [7, 11) is 0. The number of nitrogens with one attached hydrogen (secondary N) is 2. The second-order valence-electron chi connectivity index (χ2n) is 7.42. The van der Waals surface area contributed by atoms with Crippen LogP contribution in [0.5, 0.6) is 0 Å². The number of anilines is 1. The number of hydrogen-bond acceptors (Lipinski definition) is 5. The fourth-order valence-corrected chi connectivity index (χ4v) is 4.52. The van der Waals surface area contributed by atoms with Gasteiger partial charge in [-0.25, -0.2) is 4.39 Å². The highest BCUT2D eigenvalue weighted by atomic mass is 35.5. The highest BCUT2D eigenvalue weighted by molar-refractivity contribution is 7.18. The molecular weight excluding hydrogens is 455 g/mol. The molecule has 0 unspecified atom stereocenters. The Hall–Kier alpha value is -3.01. The van der Waals surface area contributed by atoms with Crippen molar-refractivity contribution in [3.63, 3.8) is 0 Å². The standard InChI is InChI=1S/C22H20ClFN4O3S/c23-19-7-6-18(32-19)22(31)25-14-8-10-27(12-14)13-20(29)26-17-5-4-15(11-16(17)24)28-9-2-1-3-21(28)30/h1-7,9,11,14H,8,10,12-13H2,(H,25,31)(H,26,29)/t14-/m0/s1. The van der Waals surface area contributed by atoms with Gasteiger partial charge in [0.25, 0.3) is 11.5 Å². The van der Waals surface area contributed by atoms with Crippen molar-refractivity contribution in [2.24, 2.45) is 0 Å². The lowest BCUT2D eigenvalue weighted by Gasteiger charge is -2.16. The number of nitrogens with zero attached hydrogens (tertiary/aromatic N) is 2. The van der Waals surface area contributed by atoms with Crippen molar-refractivity contribution in [2.75, 3.05) is 25.0 Å². The molecule has 1 aromatic carbocycles. The van der Waals surface area contributed by atoms with Gasteiger partial charge in [0.2, 0.25) is 5.91 Å². The van der Waals surface area contributed by atoms with Crippen molar-refractivity contribution < 1.29 is 14.0 Å². The number of carbonyl (C=O) groups excluding carboxylic acids is 2. The fourth-order valence-electron chi connectivity index (χ4n) is 3.58. The molecular formula is C22H20ClFN4O3S. The van der Waals surface area contributed by atoms with E-state index >= 15 is 0 Å². The average Bonchev–Trinajstić information content (AvgIpc) is 3.38. The maximum absolute atomic E-state index is 14.5. The Morgan fingerprint density at radius 3 is 2.75 bits per heavy atom. The number of thiophene rings is 1. The summed E-state index contributed by atoms with van der Waals surface area (Å²) in [5, 5.41) is 5.52. The molecule has 1 fully saturated rings. The van der Waals surface area contributed by atoms with Gasteiger partial charge in [0, 0.05) is 37.5 Å². The highest BCUT2D eigenvalue weighted by Crippen LogP contribution is 2.22. The second-order valence-corrected chi connectivity index (χ2v) is 9.13. The number of amides is 2. The third-order valence-electron chi connectivity index (χ3n) is 5.10. The van der Waals surface area contributed by atoms with Gasteiger partial charge in [-0.05, 0) is 36.8 Å². The zero-order valence-corrected chi connectivity index (χ0v) is 18.5. The molecule has 2 amide bonds. The molecule has 0 aliphatic carbocycles. The number of pyridine rings is 1. The molecule has 1 atom stereocenters. The molecule has 2 aromatic heterocycles. The summed E-state index contributed by atoms with van der Waals surface area (Å²) in [6, 6.07) is 12.2. The molecule has 166 valence electrons. The molecule has 2 N–H and O–H groups in total. The maximum atomic E-state index is 14.5. The van der Waals surface area contributed by atoms with Crippen LogP contribution in [0.2, 0.25) is 4.34 Å². The zero-order valence-electron chi connectivity index (χ0n) is 16.9. The van der Waals surface area contributed by atoms with Crippen LogP contribution >= 0.6 is 22.9 Å². The molecule has 0 radical (unpaired) electrons. The van der Waals surface area contributed by atoms with Gasteiger partial charge in [0.15, 0.2) is 0 Å². The van der Waals surface area contributed by atoms with E-state index in [1.165, 1.54) is 34.1 Å². The summed E-state index contributed by atoms with van der Waals surface area (Å²) in [4.78, 5) is 39.0. The van der Waals surface area contributed by atoms with Gasteiger partial charge in [0.1, 0.15) is 5.82 Å². The van der Waals surface area contributed by atoms with E-state index in [1.54, 1.807) is 36.5 Å². The molecule has 3 aromatic rings. The van der Waals surface area contributed by atoms with Crippen LogP contribution in [0.1, 0.15) is 16.1 Å². The van der Waals surface area contributed by atoms with E-state index in [2.05, 4.69) is 10.6 Å². The van der Waals surface area contributed by atoms with Gasteiger partial charge in [-0.2, -0.15) is 0 Å². The molecule has 0 spiro atoms. The lowest BCUT2D eigenvalue weighted by Crippen LogP contribution is -2.38. The predicted molar refractivity (Wildman–Crippen MR) is 122 cm³/mol. The molecule has 0 bridgehead atoms. The van der Waals surface area contributed by atoms with Crippen LogP contribution in [0, 0.1) is 5.82 Å². The Morgan fingerprint density at radius 2 is 2.03 bits per heavy atom. The third kappa shape index (κ3) is 5.24. The predicted octanol–water partition coefficient (Wildman–Crippen LogP) is 3.13. The fraction of sp³-hybridized carbons (Fsp3) is 0.227. The third-order valence-corrected chi connectivity index (χ3v) is 6.33. The van der Waals surface area contributed by atoms with Gasteiger partial charge in [-0.1, -0.05) is 17.7 Å². The number of carbonyl (C=O) groups is 2. The Kier molecular flexibility index (Phi) is 6.69. The van der Waals surface area contributed by atoms with Crippen molar-refractivity contribution in [1.29, 1.82) is 0 Å². The SMILES string of the molecule is O=C(CN1CC[C@H](NC(=O)c2ccc(Cl)s2)C1)Nc1ccc(-n2ccccc2=O)cc1F. The number of halogens is 2. The summed E-state index contributed by atoms with van der Waals surface area (Å²) in [6.07, 6.45) is 2.26. The number of benzene rings is 1. The smallest absolute Gasteiger partial charge is 0.261 e. The van der Waals surface area contributed by atoms with E-state index in [9.17, 15) is 18.8 Å². The van der Waals surface area contributed by atoms with E-state index in [-0.39, 0.29) is 35.6 Å². The van der Waals surface area contributed by atoms with Crippen molar-refractivity contribution in [1.82, 2.24) is 14.8 Å². The van der Waals surface area contributed by atoms with Crippen molar-refractivity contribution >= 4 is 40.4 Å². The zero-order chi connectivity index (χ0) is 22.7. The van der Waals surface area contributed by atoms with Crippen LogP contribution < -0.4 is 16.2 Å². The average molecular weight is 475 g/mol. The lowest BCUT2D eigenvalue weighted by atomic mass is 10.2. The highest BCUT2D eigenvalue weighted by Gasteiger charge is 2.26. The van der Waals surface area contributed by atoms with Crippen molar-refractivity contribution in [2.45, 2.75) is 12.5 Å². The molecule has 7 nitrogen and oxygen atoms in total. The molecule has 32 heavy (non-hydrogen) atoms. The molecule has 4 rings (SSSR count). The van der Waals surface area contributed by atoms with Crippen LogP contribution in [-0.4, -0.2) is 47.0 Å². The first-order chi connectivity index (χ1) is 15.4. The lowest BCUT2D eigenvalue weighted by molar-refractivity contribution is -0.117. The Morgan fingerprint density at radius 1 is 1.19 bits per heavy atom. The largest absolute Gasteiger partial charge is 0.347 e. The van der Waals surface area contributed by atoms with E-state index in [0.717, 1.165) is 0 Å². The van der Waals surface area contributed by atoms with E-state index in [1.807, 2.05) is 4.90 Å². The summed E-state index contributed by atoms with van der Waals surface area (Å²) >= 11 is 7.08. The summed E-state index contributed by atoms with van der Waals surface area (Å²) in [5.41, 5.74) is 0.138. The number of likely N-dealkylation sites (tertiary alicyclic amines) is 1. The Balaban J connectivity index is 1.31. The number of hydrogen-bond donors (Lipinski definition) is 2. The minimum Gasteiger partial charge on any atom is -0.347 e. The van der Waals surface area contributed by atoms with Crippen LogP contribution in [0.3, 0.4) is 0 Å².